The molecule has 1 aliphatic carbocycles. The lowest BCUT2D eigenvalue weighted by atomic mass is 9.60. The molecule has 7 heterocycles. The topological polar surface area (TPSA) is 138 Å². The van der Waals surface area contributed by atoms with E-state index < -0.39 is 11.9 Å². The quantitative estimate of drug-likeness (QED) is 0.309. The zero-order chi connectivity index (χ0) is 35.6. The second-order valence-corrected chi connectivity index (χ2v) is 16.8. The number of aliphatic carboxylic acids is 1. The van der Waals surface area contributed by atoms with Crippen molar-refractivity contribution in [1.29, 1.82) is 0 Å². The molecule has 1 unspecified atom stereocenters. The SMILES string of the molecule is CC(C)C(C(=O)O)c1cc(N2CC3(CC(N4CCC(N5CCC(N6CCN7c8cc(-c9ccccc9O)nnc8NC[C@H]7C6)CC5)CC4)C3)C2)no1. The van der Waals surface area contributed by atoms with Crippen LogP contribution in [0.1, 0.15) is 64.1 Å². The van der Waals surface area contributed by atoms with Crippen molar-refractivity contribution in [2.75, 3.05) is 80.6 Å². The fraction of sp³-hybridized carbons (Fsp3) is 0.641. The van der Waals surface area contributed by atoms with Gasteiger partial charge in [0, 0.05) is 74.4 Å². The number of phenols is 1. The molecule has 2 aromatic heterocycles. The van der Waals surface area contributed by atoms with E-state index >= 15 is 0 Å². The third-order valence-corrected chi connectivity index (χ3v) is 13.3. The number of carboxylic acids is 1. The van der Waals surface area contributed by atoms with Gasteiger partial charge in [-0.3, -0.25) is 9.69 Å². The van der Waals surface area contributed by atoms with E-state index in [4.69, 9.17) is 4.52 Å². The van der Waals surface area contributed by atoms with E-state index in [0.29, 0.717) is 46.6 Å². The van der Waals surface area contributed by atoms with Gasteiger partial charge in [0.25, 0.3) is 0 Å². The number of piperidine rings is 2. The van der Waals surface area contributed by atoms with Crippen LogP contribution in [0.3, 0.4) is 0 Å². The van der Waals surface area contributed by atoms with Crippen molar-refractivity contribution >= 4 is 23.3 Å². The van der Waals surface area contributed by atoms with E-state index in [9.17, 15) is 15.0 Å². The maximum Gasteiger partial charge on any atom is 0.314 e. The zero-order valence-corrected chi connectivity index (χ0v) is 30.5. The number of fused-ring (bicyclic) bond motifs is 3. The fourth-order valence-corrected chi connectivity index (χ4v) is 10.4. The van der Waals surface area contributed by atoms with Crippen LogP contribution in [0, 0.1) is 11.3 Å². The first kappa shape index (κ1) is 33.9. The molecule has 0 bridgehead atoms. The van der Waals surface area contributed by atoms with Gasteiger partial charge in [0.2, 0.25) is 0 Å². The lowest BCUT2D eigenvalue weighted by Crippen LogP contribution is -2.67. The van der Waals surface area contributed by atoms with E-state index in [1.165, 1.54) is 64.7 Å². The molecule has 1 saturated carbocycles. The molecule has 52 heavy (non-hydrogen) atoms. The Morgan fingerprint density at radius 1 is 0.885 bits per heavy atom. The van der Waals surface area contributed by atoms with Gasteiger partial charge >= 0.3 is 5.97 Å². The number of carboxylic acid groups (broad SMARTS) is 1. The van der Waals surface area contributed by atoms with Gasteiger partial charge in [-0.05, 0) is 88.8 Å². The summed E-state index contributed by atoms with van der Waals surface area (Å²) in [4.78, 5) is 24.8. The number of benzene rings is 1. The molecule has 5 fully saturated rings. The first-order valence-corrected chi connectivity index (χ1v) is 19.6. The van der Waals surface area contributed by atoms with Gasteiger partial charge in [0.15, 0.2) is 17.4 Å². The number of piperazine rings is 1. The molecule has 6 aliphatic rings. The standard InChI is InChI=1S/C39H53N9O4/c1-25(2)36(38(50)51)34-18-35(43-52-34)47-23-39(24-47)19-28(20-39)45-13-7-26(8-14-45)44-11-9-27(10-12-44)46-15-16-48-29(22-46)21-40-37-32(48)17-31(41-42-37)30-5-3-4-6-33(30)49/h3-6,17-18,25-29,36,49H,7-16,19-24H2,1-2H3,(H,40,42)(H,50,51)/t29-,36?/m0/s1. The lowest BCUT2D eigenvalue weighted by Gasteiger charge is -2.61. The largest absolute Gasteiger partial charge is 0.507 e. The Morgan fingerprint density at radius 3 is 2.27 bits per heavy atom. The van der Waals surface area contributed by atoms with Gasteiger partial charge in [-0.15, -0.1) is 10.2 Å². The molecule has 0 radical (unpaired) electrons. The molecule has 1 spiro atoms. The third kappa shape index (κ3) is 6.18. The van der Waals surface area contributed by atoms with Gasteiger partial charge in [-0.1, -0.05) is 31.1 Å². The zero-order valence-electron chi connectivity index (χ0n) is 30.5. The van der Waals surface area contributed by atoms with E-state index in [2.05, 4.69) is 51.2 Å². The number of aromatic nitrogens is 3. The van der Waals surface area contributed by atoms with Crippen molar-refractivity contribution < 1.29 is 19.5 Å². The minimum atomic E-state index is -0.856. The van der Waals surface area contributed by atoms with E-state index in [0.717, 1.165) is 56.6 Å². The summed E-state index contributed by atoms with van der Waals surface area (Å²) >= 11 is 0. The minimum absolute atomic E-state index is 0.0457. The van der Waals surface area contributed by atoms with E-state index in [1.54, 1.807) is 6.07 Å². The molecule has 3 N–H and O–H groups in total. The van der Waals surface area contributed by atoms with Crippen molar-refractivity contribution in [2.24, 2.45) is 11.3 Å². The highest BCUT2D eigenvalue weighted by molar-refractivity contribution is 5.77. The van der Waals surface area contributed by atoms with Gasteiger partial charge in [-0.2, -0.15) is 0 Å². The number of phenolic OH excluding ortho intramolecular Hbond substituents is 1. The Morgan fingerprint density at radius 2 is 1.58 bits per heavy atom. The first-order valence-electron chi connectivity index (χ1n) is 19.6. The Balaban J connectivity index is 0.712. The number of hydrogen-bond acceptors (Lipinski definition) is 12. The van der Waals surface area contributed by atoms with Gasteiger partial charge in [0.05, 0.1) is 17.4 Å². The first-order chi connectivity index (χ1) is 25.2. The number of rotatable bonds is 8. The number of nitrogens with one attached hydrogen (secondary N) is 1. The van der Waals surface area contributed by atoms with Crippen LogP contribution in [0.4, 0.5) is 17.3 Å². The fourth-order valence-electron chi connectivity index (χ4n) is 10.4. The van der Waals surface area contributed by atoms with Crippen LogP contribution >= 0.6 is 0 Å². The monoisotopic (exact) mass is 711 g/mol. The number of nitrogens with zero attached hydrogens (tertiary/aromatic N) is 8. The molecule has 5 aliphatic heterocycles. The van der Waals surface area contributed by atoms with Crippen molar-refractivity contribution in [3.8, 4) is 17.0 Å². The number of likely N-dealkylation sites (tertiary alicyclic amines) is 2. The summed E-state index contributed by atoms with van der Waals surface area (Å²) < 4.78 is 5.49. The summed E-state index contributed by atoms with van der Waals surface area (Å²) in [5, 5.41) is 36.7. The molecular weight excluding hydrogens is 658 g/mol. The van der Waals surface area contributed by atoms with Crippen LogP contribution in [-0.4, -0.2) is 136 Å². The average molecular weight is 712 g/mol. The predicted molar refractivity (Wildman–Crippen MR) is 199 cm³/mol. The molecule has 3 aromatic rings. The van der Waals surface area contributed by atoms with Crippen LogP contribution in [0.25, 0.3) is 11.3 Å². The smallest absolute Gasteiger partial charge is 0.314 e. The van der Waals surface area contributed by atoms with E-state index in [1.807, 2.05) is 38.1 Å². The molecule has 278 valence electrons. The molecule has 4 saturated heterocycles. The van der Waals surface area contributed by atoms with Crippen molar-refractivity contribution in [3.63, 3.8) is 0 Å². The molecule has 2 atom stereocenters. The lowest BCUT2D eigenvalue weighted by molar-refractivity contribution is -0.140. The van der Waals surface area contributed by atoms with Gasteiger partial charge < -0.3 is 39.7 Å². The molecule has 13 nitrogen and oxygen atoms in total. The van der Waals surface area contributed by atoms with Crippen molar-refractivity contribution in [1.82, 2.24) is 30.1 Å². The Kier molecular flexibility index (Phi) is 8.78. The summed E-state index contributed by atoms with van der Waals surface area (Å²) in [6.45, 7) is 14.6. The van der Waals surface area contributed by atoms with Gasteiger partial charge in [0.1, 0.15) is 11.7 Å². The van der Waals surface area contributed by atoms with Crippen LogP contribution in [0.15, 0.2) is 40.9 Å². The van der Waals surface area contributed by atoms with Crippen LogP contribution < -0.4 is 15.1 Å². The highest BCUT2D eigenvalue weighted by Crippen LogP contribution is 2.52. The molecule has 9 rings (SSSR count). The Labute approximate surface area is 305 Å². The maximum atomic E-state index is 11.7. The van der Waals surface area contributed by atoms with Crippen LogP contribution in [0.2, 0.25) is 0 Å². The second-order valence-electron chi connectivity index (χ2n) is 16.8. The number of hydrogen-bond donors (Lipinski definition) is 3. The number of aromatic hydroxyl groups is 1. The highest BCUT2D eigenvalue weighted by atomic mass is 16.5. The number of anilines is 3. The molecule has 13 heteroatoms. The van der Waals surface area contributed by atoms with Crippen LogP contribution in [-0.2, 0) is 4.79 Å². The van der Waals surface area contributed by atoms with Crippen molar-refractivity contribution in [3.05, 3.63) is 42.2 Å². The van der Waals surface area contributed by atoms with E-state index in [-0.39, 0.29) is 11.7 Å². The Bertz CT molecular complexity index is 1750. The summed E-state index contributed by atoms with van der Waals surface area (Å²) in [5.41, 5.74) is 2.91. The third-order valence-electron chi connectivity index (χ3n) is 13.3. The highest BCUT2D eigenvalue weighted by Gasteiger charge is 2.54. The summed E-state index contributed by atoms with van der Waals surface area (Å²) in [6, 6.07) is 13.7. The van der Waals surface area contributed by atoms with Crippen LogP contribution in [0.5, 0.6) is 5.75 Å². The summed E-state index contributed by atoms with van der Waals surface area (Å²) in [5.74, 6) is 0.760. The molecule has 1 aromatic carbocycles. The summed E-state index contributed by atoms with van der Waals surface area (Å²) in [7, 11) is 0. The summed E-state index contributed by atoms with van der Waals surface area (Å²) in [6.07, 6.45) is 7.58. The predicted octanol–water partition coefficient (Wildman–Crippen LogP) is 4.18. The average Bonchev–Trinajstić information content (AvgIpc) is 3.59. The molecular formula is C39H53N9O4. The maximum absolute atomic E-state index is 11.7. The van der Waals surface area contributed by atoms with Crippen molar-refractivity contribution in [2.45, 2.75) is 82.5 Å². The minimum Gasteiger partial charge on any atom is -0.507 e. The number of para-hydroxylation sites is 1. The molecule has 0 amide bonds. The Hall–Kier alpha value is -3.94. The number of carbonyl (C=O) groups is 1. The normalized spacial score (nSPS) is 25.3. The van der Waals surface area contributed by atoms with Gasteiger partial charge in [-0.25, -0.2) is 0 Å². The second kappa shape index (κ2) is 13.5.